The first-order chi connectivity index (χ1) is 13.5. The van der Waals surface area contributed by atoms with Gasteiger partial charge in [-0.1, -0.05) is 22.8 Å². The summed E-state index contributed by atoms with van der Waals surface area (Å²) in [7, 11) is 0. The highest BCUT2D eigenvalue weighted by Crippen LogP contribution is 2.24. The van der Waals surface area contributed by atoms with Gasteiger partial charge in [-0.05, 0) is 25.1 Å². The van der Waals surface area contributed by atoms with Crippen molar-refractivity contribution in [1.82, 2.24) is 20.3 Å². The molecule has 28 heavy (non-hydrogen) atoms. The minimum absolute atomic E-state index is 0.0701. The zero-order valence-corrected chi connectivity index (χ0v) is 15.8. The molecular formula is C19H18ClN5O3. The van der Waals surface area contributed by atoms with Crippen molar-refractivity contribution in [2.45, 2.75) is 19.4 Å². The Hall–Kier alpha value is -3.15. The van der Waals surface area contributed by atoms with Gasteiger partial charge in [-0.2, -0.15) is 10.4 Å². The van der Waals surface area contributed by atoms with Crippen molar-refractivity contribution < 1.29 is 14.4 Å². The van der Waals surface area contributed by atoms with Gasteiger partial charge in [0.25, 0.3) is 5.91 Å². The third kappa shape index (κ3) is 4.39. The summed E-state index contributed by atoms with van der Waals surface area (Å²) in [4.78, 5) is 12.2. The monoisotopic (exact) mass is 399 g/mol. The summed E-state index contributed by atoms with van der Waals surface area (Å²) >= 11 is 6.08. The highest BCUT2D eigenvalue weighted by molar-refractivity contribution is 6.32. The van der Waals surface area contributed by atoms with Crippen LogP contribution in [-0.4, -0.2) is 39.1 Å². The van der Waals surface area contributed by atoms with E-state index in [1.807, 2.05) is 25.3 Å². The Balaban J connectivity index is 1.62. The molecule has 3 rings (SSSR count). The lowest BCUT2D eigenvalue weighted by atomic mass is 10.1. The average Bonchev–Trinajstić information content (AvgIpc) is 3.36. The van der Waals surface area contributed by atoms with Crippen LogP contribution in [0.4, 0.5) is 0 Å². The minimum atomic E-state index is -0.356. The van der Waals surface area contributed by atoms with Crippen LogP contribution in [0.15, 0.2) is 41.1 Å². The third-order valence-electron chi connectivity index (χ3n) is 4.15. The molecule has 0 fully saturated rings. The van der Waals surface area contributed by atoms with Crippen LogP contribution in [0.2, 0.25) is 5.02 Å². The Labute approximate surface area is 166 Å². The maximum absolute atomic E-state index is 12.2. The average molecular weight is 400 g/mol. The Bertz CT molecular complexity index is 1020. The number of carbonyl (C=O) groups is 1. The molecule has 1 aromatic carbocycles. The summed E-state index contributed by atoms with van der Waals surface area (Å²) in [6.07, 6.45) is 2.12. The van der Waals surface area contributed by atoms with Crippen LogP contribution in [0.5, 0.6) is 0 Å². The number of nitrogens with zero attached hydrogens (tertiary/aromatic N) is 4. The van der Waals surface area contributed by atoms with Gasteiger partial charge < -0.3 is 14.9 Å². The number of aliphatic hydroxyl groups is 1. The van der Waals surface area contributed by atoms with Gasteiger partial charge in [-0.15, -0.1) is 0 Å². The number of rotatable bonds is 7. The van der Waals surface area contributed by atoms with Gasteiger partial charge in [0.1, 0.15) is 11.8 Å². The Morgan fingerprint density at radius 3 is 2.96 bits per heavy atom. The van der Waals surface area contributed by atoms with E-state index in [1.54, 1.807) is 22.9 Å². The quantitative estimate of drug-likeness (QED) is 0.630. The lowest BCUT2D eigenvalue weighted by Gasteiger charge is -2.12. The van der Waals surface area contributed by atoms with Gasteiger partial charge >= 0.3 is 0 Å². The van der Waals surface area contributed by atoms with Crippen molar-refractivity contribution in [3.8, 4) is 17.3 Å². The van der Waals surface area contributed by atoms with Crippen LogP contribution < -0.4 is 5.32 Å². The lowest BCUT2D eigenvalue weighted by molar-refractivity contribution is 0.0938. The summed E-state index contributed by atoms with van der Waals surface area (Å²) in [6.45, 7) is 2.19. The molecule has 0 aliphatic heterocycles. The van der Waals surface area contributed by atoms with Crippen LogP contribution in [0.1, 0.15) is 34.8 Å². The van der Waals surface area contributed by atoms with Gasteiger partial charge in [0.15, 0.2) is 5.69 Å². The summed E-state index contributed by atoms with van der Waals surface area (Å²) in [5.41, 5.74) is 2.10. The molecule has 3 aromatic rings. The number of halogens is 1. The Kier molecular flexibility index (Phi) is 6.09. The van der Waals surface area contributed by atoms with E-state index in [9.17, 15) is 4.79 Å². The van der Waals surface area contributed by atoms with Crippen LogP contribution in [0, 0.1) is 11.3 Å². The van der Waals surface area contributed by atoms with Crippen molar-refractivity contribution in [2.75, 3.05) is 13.2 Å². The number of nitriles is 1. The van der Waals surface area contributed by atoms with E-state index in [2.05, 4.69) is 15.6 Å². The fourth-order valence-electron chi connectivity index (χ4n) is 2.58. The molecule has 0 aliphatic rings. The normalized spacial score (nSPS) is 11.8. The molecule has 2 N–H and O–H groups in total. The number of amides is 1. The zero-order chi connectivity index (χ0) is 20.1. The molecule has 9 heteroatoms. The number of aromatic nitrogens is 3. The summed E-state index contributed by atoms with van der Waals surface area (Å²) in [6, 6.07) is 10.4. The first-order valence-corrected chi connectivity index (χ1v) is 8.99. The van der Waals surface area contributed by atoms with Gasteiger partial charge in [0, 0.05) is 30.8 Å². The van der Waals surface area contributed by atoms with Crippen molar-refractivity contribution in [2.24, 2.45) is 0 Å². The van der Waals surface area contributed by atoms with Gasteiger partial charge in [0.05, 0.1) is 28.9 Å². The Morgan fingerprint density at radius 1 is 1.43 bits per heavy atom. The second-order valence-corrected chi connectivity index (χ2v) is 6.61. The summed E-state index contributed by atoms with van der Waals surface area (Å²) in [5.74, 6) is 0.101. The summed E-state index contributed by atoms with van der Waals surface area (Å²) < 4.78 is 6.71. The van der Waals surface area contributed by atoms with Gasteiger partial charge in [0.2, 0.25) is 0 Å². The van der Waals surface area contributed by atoms with E-state index in [-0.39, 0.29) is 24.2 Å². The van der Waals surface area contributed by atoms with E-state index < -0.39 is 0 Å². The molecular weight excluding hydrogens is 382 g/mol. The number of carbonyl (C=O) groups excluding carboxylic acids is 1. The molecule has 0 saturated heterocycles. The van der Waals surface area contributed by atoms with Crippen LogP contribution >= 0.6 is 11.6 Å². The number of aliphatic hydroxyl groups excluding tert-OH is 1. The SMILES string of the molecule is CC(CNC(=O)c1cc(CCO)on1)n1ccc(-c2ccc(C#N)c(Cl)c2)n1. The zero-order valence-electron chi connectivity index (χ0n) is 15.1. The number of hydrogen-bond donors (Lipinski definition) is 2. The topological polar surface area (TPSA) is 117 Å². The predicted molar refractivity (Wildman–Crippen MR) is 102 cm³/mol. The molecule has 8 nitrogen and oxygen atoms in total. The first-order valence-electron chi connectivity index (χ1n) is 8.61. The molecule has 2 heterocycles. The van der Waals surface area contributed by atoms with Crippen molar-refractivity contribution in [3.05, 3.63) is 58.6 Å². The van der Waals surface area contributed by atoms with E-state index in [1.165, 1.54) is 6.07 Å². The van der Waals surface area contributed by atoms with Crippen molar-refractivity contribution >= 4 is 17.5 Å². The van der Waals surface area contributed by atoms with E-state index in [0.29, 0.717) is 29.3 Å². The molecule has 2 aromatic heterocycles. The smallest absolute Gasteiger partial charge is 0.273 e. The lowest BCUT2D eigenvalue weighted by Crippen LogP contribution is -2.30. The highest BCUT2D eigenvalue weighted by Gasteiger charge is 2.15. The molecule has 0 aliphatic carbocycles. The molecule has 0 radical (unpaired) electrons. The molecule has 0 spiro atoms. The molecule has 0 saturated carbocycles. The second-order valence-electron chi connectivity index (χ2n) is 6.20. The van der Waals surface area contributed by atoms with Gasteiger partial charge in [-0.3, -0.25) is 9.48 Å². The maximum atomic E-state index is 12.2. The van der Waals surface area contributed by atoms with Crippen LogP contribution in [0.3, 0.4) is 0 Å². The molecule has 1 atom stereocenters. The van der Waals surface area contributed by atoms with Crippen molar-refractivity contribution in [3.63, 3.8) is 0 Å². The number of hydrogen-bond acceptors (Lipinski definition) is 6. The minimum Gasteiger partial charge on any atom is -0.396 e. The van der Waals surface area contributed by atoms with Crippen LogP contribution in [-0.2, 0) is 6.42 Å². The first kappa shape index (κ1) is 19.6. The molecule has 1 unspecified atom stereocenters. The molecule has 0 bridgehead atoms. The number of benzene rings is 1. The second kappa shape index (κ2) is 8.69. The van der Waals surface area contributed by atoms with Gasteiger partial charge in [-0.25, -0.2) is 0 Å². The van der Waals surface area contributed by atoms with E-state index in [4.69, 9.17) is 26.5 Å². The summed E-state index contributed by atoms with van der Waals surface area (Å²) in [5, 5.41) is 29.2. The largest absolute Gasteiger partial charge is 0.396 e. The van der Waals surface area contributed by atoms with E-state index in [0.717, 1.165) is 11.3 Å². The predicted octanol–water partition coefficient (Wildman–Crippen LogP) is 2.59. The highest BCUT2D eigenvalue weighted by atomic mass is 35.5. The van der Waals surface area contributed by atoms with Crippen molar-refractivity contribution in [1.29, 1.82) is 5.26 Å². The fraction of sp³-hybridized carbons (Fsp3) is 0.263. The maximum Gasteiger partial charge on any atom is 0.273 e. The standard InChI is InChI=1S/C19H18ClN5O3/c1-12(11-22-19(27)18-9-15(5-7-26)28-24-18)25-6-4-17(23-25)13-2-3-14(10-21)16(20)8-13/h2-4,6,8-9,12,26H,5,7,11H2,1H3,(H,22,27). The number of nitrogens with one attached hydrogen (secondary N) is 1. The fourth-order valence-corrected chi connectivity index (χ4v) is 2.80. The molecule has 144 valence electrons. The molecule has 1 amide bonds. The van der Waals surface area contributed by atoms with Crippen LogP contribution in [0.25, 0.3) is 11.3 Å². The Morgan fingerprint density at radius 2 is 2.25 bits per heavy atom. The third-order valence-corrected chi connectivity index (χ3v) is 4.47. The van der Waals surface area contributed by atoms with E-state index >= 15 is 0 Å².